The monoisotopic (exact) mass is 397 g/mol. The zero-order valence-corrected chi connectivity index (χ0v) is 15.3. The minimum Gasteiger partial charge on any atom is -0.433 e. The number of benzene rings is 2. The van der Waals surface area contributed by atoms with Crippen LogP contribution in [0, 0.1) is 0 Å². The van der Waals surface area contributed by atoms with E-state index in [4.69, 9.17) is 16.3 Å². The molecule has 0 radical (unpaired) electrons. The minimum atomic E-state index is -2.96. The van der Waals surface area contributed by atoms with E-state index >= 15 is 0 Å². The van der Waals surface area contributed by atoms with Gasteiger partial charge in [0.2, 0.25) is 0 Å². The lowest BCUT2D eigenvalue weighted by Crippen LogP contribution is -3.12. The fraction of sp³-hybridized carbons (Fsp3) is 0.316. The number of ether oxygens (including phenoxy) is 2. The van der Waals surface area contributed by atoms with Crippen LogP contribution in [0.25, 0.3) is 0 Å². The van der Waals surface area contributed by atoms with Crippen LogP contribution in [0.3, 0.4) is 0 Å². The van der Waals surface area contributed by atoms with Crippen molar-refractivity contribution in [3.63, 3.8) is 0 Å². The average Bonchev–Trinajstić information content (AvgIpc) is 2.65. The molecule has 5 nitrogen and oxygen atoms in total. The predicted molar refractivity (Wildman–Crippen MR) is 97.7 cm³/mol. The Bertz CT molecular complexity index is 781. The predicted octanol–water partition coefficient (Wildman–Crippen LogP) is 2.61. The van der Waals surface area contributed by atoms with Crippen molar-refractivity contribution in [1.82, 2.24) is 0 Å². The number of carbonyl (C=O) groups is 1. The number of nitrogens with one attached hydrogen (secondary N) is 2. The van der Waals surface area contributed by atoms with Crippen molar-refractivity contribution in [2.45, 2.75) is 13.2 Å². The molecule has 144 valence electrons. The van der Waals surface area contributed by atoms with E-state index in [0.29, 0.717) is 11.3 Å². The number of amides is 1. The number of rotatable bonds is 6. The topological polar surface area (TPSA) is 52.0 Å². The van der Waals surface area contributed by atoms with Gasteiger partial charge in [-0.1, -0.05) is 23.7 Å². The Morgan fingerprint density at radius 2 is 1.89 bits per heavy atom. The molecular weight excluding hydrogens is 378 g/mol. The SMILES string of the molecule is O=C(Nc1ccc(OC(F)F)c(Cl)c1)c1ccc(C[NH+]2CCOCC2)cc1. The summed E-state index contributed by atoms with van der Waals surface area (Å²) in [6, 6.07) is 11.5. The molecule has 1 amide bonds. The van der Waals surface area contributed by atoms with E-state index in [1.807, 2.05) is 12.1 Å². The first-order valence-corrected chi connectivity index (χ1v) is 8.95. The van der Waals surface area contributed by atoms with Gasteiger partial charge in [0.1, 0.15) is 25.4 Å². The van der Waals surface area contributed by atoms with Crippen LogP contribution in [-0.4, -0.2) is 38.8 Å². The first-order chi connectivity index (χ1) is 13.0. The van der Waals surface area contributed by atoms with Gasteiger partial charge in [0.15, 0.2) is 0 Å². The van der Waals surface area contributed by atoms with Crippen molar-refractivity contribution >= 4 is 23.2 Å². The molecule has 1 aliphatic heterocycles. The number of hydrogen-bond acceptors (Lipinski definition) is 3. The summed E-state index contributed by atoms with van der Waals surface area (Å²) in [7, 11) is 0. The number of morpholine rings is 1. The molecule has 1 fully saturated rings. The summed E-state index contributed by atoms with van der Waals surface area (Å²) >= 11 is 5.90. The van der Waals surface area contributed by atoms with Crippen LogP contribution in [-0.2, 0) is 11.3 Å². The number of anilines is 1. The zero-order valence-electron chi connectivity index (χ0n) is 14.5. The molecule has 2 N–H and O–H groups in total. The third-order valence-electron chi connectivity index (χ3n) is 4.28. The van der Waals surface area contributed by atoms with Gasteiger partial charge >= 0.3 is 6.61 Å². The standard InChI is InChI=1S/C19H19ClF2N2O3/c20-16-11-15(5-6-17(16)27-19(21)22)23-18(25)14-3-1-13(2-4-14)12-24-7-9-26-10-8-24/h1-6,11,19H,7-10,12H2,(H,23,25)/p+1. The van der Waals surface area contributed by atoms with Crippen molar-refractivity contribution in [3.8, 4) is 5.75 Å². The van der Waals surface area contributed by atoms with E-state index < -0.39 is 6.61 Å². The highest BCUT2D eigenvalue weighted by molar-refractivity contribution is 6.32. The van der Waals surface area contributed by atoms with E-state index in [9.17, 15) is 13.6 Å². The molecule has 0 aliphatic carbocycles. The molecule has 3 rings (SSSR count). The minimum absolute atomic E-state index is 0.00284. The van der Waals surface area contributed by atoms with Crippen LogP contribution >= 0.6 is 11.6 Å². The van der Waals surface area contributed by atoms with E-state index in [1.54, 1.807) is 12.1 Å². The van der Waals surface area contributed by atoms with Crippen molar-refractivity contribution in [1.29, 1.82) is 0 Å². The van der Waals surface area contributed by atoms with Gasteiger partial charge in [-0.05, 0) is 30.3 Å². The third-order valence-corrected chi connectivity index (χ3v) is 4.57. The van der Waals surface area contributed by atoms with Gasteiger partial charge in [0.05, 0.1) is 18.2 Å². The zero-order chi connectivity index (χ0) is 19.2. The summed E-state index contributed by atoms with van der Waals surface area (Å²) in [5, 5.41) is 2.69. The van der Waals surface area contributed by atoms with Crippen molar-refractivity contribution in [2.24, 2.45) is 0 Å². The Hall–Kier alpha value is -2.22. The molecule has 0 spiro atoms. The largest absolute Gasteiger partial charge is 0.433 e. The summed E-state index contributed by atoms with van der Waals surface area (Å²) in [4.78, 5) is 13.8. The molecule has 1 saturated heterocycles. The normalized spacial score (nSPS) is 15.0. The number of carbonyl (C=O) groups excluding carboxylic acids is 1. The molecule has 0 aromatic heterocycles. The van der Waals surface area contributed by atoms with Crippen LogP contribution in [0.5, 0.6) is 5.75 Å². The third kappa shape index (κ3) is 5.63. The molecule has 27 heavy (non-hydrogen) atoms. The van der Waals surface area contributed by atoms with Gasteiger partial charge in [0, 0.05) is 16.8 Å². The van der Waals surface area contributed by atoms with Gasteiger partial charge < -0.3 is 19.7 Å². The second kappa shape index (κ2) is 9.12. The number of quaternary nitrogens is 1. The lowest BCUT2D eigenvalue weighted by Gasteiger charge is -2.23. The fourth-order valence-electron chi connectivity index (χ4n) is 2.87. The lowest BCUT2D eigenvalue weighted by molar-refractivity contribution is -0.921. The van der Waals surface area contributed by atoms with E-state index in [1.165, 1.54) is 23.1 Å². The van der Waals surface area contributed by atoms with Crippen molar-refractivity contribution in [3.05, 3.63) is 58.6 Å². The molecule has 1 heterocycles. The first-order valence-electron chi connectivity index (χ1n) is 8.57. The van der Waals surface area contributed by atoms with Gasteiger partial charge in [-0.15, -0.1) is 0 Å². The van der Waals surface area contributed by atoms with Gasteiger partial charge in [-0.3, -0.25) is 4.79 Å². The van der Waals surface area contributed by atoms with E-state index in [-0.39, 0.29) is 16.7 Å². The maximum Gasteiger partial charge on any atom is 0.387 e. The molecule has 1 aliphatic rings. The molecule has 2 aromatic carbocycles. The molecule has 0 unspecified atom stereocenters. The van der Waals surface area contributed by atoms with Crippen LogP contribution < -0.4 is 15.0 Å². The Morgan fingerprint density at radius 1 is 1.19 bits per heavy atom. The maximum atomic E-state index is 12.4. The summed E-state index contributed by atoms with van der Waals surface area (Å²) < 4.78 is 34.1. The van der Waals surface area contributed by atoms with Crippen LogP contribution in [0.4, 0.5) is 14.5 Å². The average molecular weight is 398 g/mol. The van der Waals surface area contributed by atoms with Gasteiger partial charge in [0.25, 0.3) is 5.91 Å². The summed E-state index contributed by atoms with van der Waals surface area (Å²) in [6.45, 7) is 1.45. The molecule has 0 bridgehead atoms. The molecule has 0 saturated carbocycles. The molecule has 0 atom stereocenters. The number of hydrogen-bond donors (Lipinski definition) is 2. The summed E-state index contributed by atoms with van der Waals surface area (Å²) in [5.74, 6) is -0.446. The van der Waals surface area contributed by atoms with Crippen molar-refractivity contribution < 1.29 is 27.9 Å². The van der Waals surface area contributed by atoms with Gasteiger partial charge in [-0.2, -0.15) is 8.78 Å². The van der Waals surface area contributed by atoms with E-state index in [0.717, 1.165) is 38.4 Å². The second-order valence-electron chi connectivity index (χ2n) is 6.21. The van der Waals surface area contributed by atoms with E-state index in [2.05, 4.69) is 10.1 Å². The summed E-state index contributed by atoms with van der Waals surface area (Å²) in [5.41, 5.74) is 2.05. The highest BCUT2D eigenvalue weighted by atomic mass is 35.5. The van der Waals surface area contributed by atoms with Crippen LogP contribution in [0.1, 0.15) is 15.9 Å². The fourth-order valence-corrected chi connectivity index (χ4v) is 3.10. The number of alkyl halides is 2. The quantitative estimate of drug-likeness (QED) is 0.788. The second-order valence-corrected chi connectivity index (χ2v) is 6.62. The Morgan fingerprint density at radius 3 is 2.52 bits per heavy atom. The molecule has 8 heteroatoms. The van der Waals surface area contributed by atoms with Gasteiger partial charge in [-0.25, -0.2) is 0 Å². The smallest absolute Gasteiger partial charge is 0.387 e. The van der Waals surface area contributed by atoms with Crippen LogP contribution in [0.2, 0.25) is 5.02 Å². The first kappa shape index (κ1) is 19.5. The highest BCUT2D eigenvalue weighted by Crippen LogP contribution is 2.29. The Balaban J connectivity index is 1.59. The lowest BCUT2D eigenvalue weighted by atomic mass is 10.1. The summed E-state index contributed by atoms with van der Waals surface area (Å²) in [6.07, 6.45) is 0. The Labute approximate surface area is 160 Å². The van der Waals surface area contributed by atoms with Crippen molar-refractivity contribution in [2.75, 3.05) is 31.6 Å². The highest BCUT2D eigenvalue weighted by Gasteiger charge is 2.15. The molecule has 2 aromatic rings. The van der Waals surface area contributed by atoms with Crippen LogP contribution in [0.15, 0.2) is 42.5 Å². The maximum absolute atomic E-state index is 12.4. The Kier molecular flexibility index (Phi) is 6.60. The molecular formula is C19H20ClF2N2O3+. The number of halogens is 3.